The molecule has 0 aliphatic rings. The molecule has 2 heteroatoms. The molecule has 0 spiro atoms. The van der Waals surface area contributed by atoms with Gasteiger partial charge in [-0.25, -0.2) is 0 Å². The smallest absolute Gasteiger partial charge is 0.0771 e. The molecule has 1 aromatic carbocycles. The lowest BCUT2D eigenvalue weighted by atomic mass is 9.85. The van der Waals surface area contributed by atoms with Crippen LogP contribution in [0.1, 0.15) is 51.0 Å². The number of hydrogen-bond donors (Lipinski definition) is 2. The van der Waals surface area contributed by atoms with Crippen molar-refractivity contribution < 1.29 is 10.2 Å². The van der Waals surface area contributed by atoms with Gasteiger partial charge in [0.05, 0.1) is 12.7 Å². The molecule has 1 rings (SSSR count). The lowest BCUT2D eigenvalue weighted by Crippen LogP contribution is -2.14. The predicted molar refractivity (Wildman–Crippen MR) is 75.6 cm³/mol. The highest BCUT2D eigenvalue weighted by Gasteiger charge is 2.16. The first-order valence-electron chi connectivity index (χ1n) is 7.01. The molecular weight excluding hydrogens is 224 g/mol. The summed E-state index contributed by atoms with van der Waals surface area (Å²) in [5.41, 5.74) is 1.35. The molecule has 0 bridgehead atoms. The Labute approximate surface area is 111 Å². The summed E-state index contributed by atoms with van der Waals surface area (Å²) in [5, 5.41) is 18.4. The van der Waals surface area contributed by atoms with Crippen LogP contribution < -0.4 is 0 Å². The first-order valence-corrected chi connectivity index (χ1v) is 7.01. The lowest BCUT2D eigenvalue weighted by Gasteiger charge is -2.21. The van der Waals surface area contributed by atoms with Crippen LogP contribution in [0.5, 0.6) is 0 Å². The molecule has 2 N–H and O–H groups in total. The molecule has 0 aliphatic carbocycles. The topological polar surface area (TPSA) is 40.5 Å². The van der Waals surface area contributed by atoms with E-state index in [4.69, 9.17) is 5.11 Å². The molecule has 2 nitrogen and oxygen atoms in total. The van der Waals surface area contributed by atoms with E-state index in [1.165, 1.54) is 12.0 Å². The van der Waals surface area contributed by atoms with Gasteiger partial charge < -0.3 is 10.2 Å². The molecule has 0 aliphatic heterocycles. The zero-order valence-corrected chi connectivity index (χ0v) is 11.5. The molecule has 3 unspecified atom stereocenters. The number of rotatable bonds is 8. The highest BCUT2D eigenvalue weighted by atomic mass is 16.3. The van der Waals surface area contributed by atoms with Crippen molar-refractivity contribution in [3.05, 3.63) is 35.9 Å². The number of hydrogen-bond acceptors (Lipinski definition) is 2. The summed E-state index contributed by atoms with van der Waals surface area (Å²) in [6.45, 7) is 4.36. The van der Waals surface area contributed by atoms with Crippen LogP contribution in [-0.4, -0.2) is 22.9 Å². The maximum absolute atomic E-state index is 9.50. The normalized spacial score (nSPS) is 16.2. The highest BCUT2D eigenvalue weighted by Crippen LogP contribution is 2.29. The van der Waals surface area contributed by atoms with Gasteiger partial charge in [0.15, 0.2) is 0 Å². The Morgan fingerprint density at radius 2 is 1.78 bits per heavy atom. The average molecular weight is 250 g/mol. The third kappa shape index (κ3) is 5.19. The number of aliphatic hydroxyl groups is 2. The second-order valence-electron chi connectivity index (χ2n) is 5.27. The fourth-order valence-corrected chi connectivity index (χ4v) is 2.28. The van der Waals surface area contributed by atoms with Crippen LogP contribution in [0.15, 0.2) is 30.3 Å². The van der Waals surface area contributed by atoms with E-state index < -0.39 is 6.10 Å². The molecular formula is C16H26O2. The molecule has 102 valence electrons. The second-order valence-corrected chi connectivity index (χ2v) is 5.27. The van der Waals surface area contributed by atoms with Gasteiger partial charge in [0, 0.05) is 0 Å². The van der Waals surface area contributed by atoms with Crippen LogP contribution in [0.2, 0.25) is 0 Å². The minimum absolute atomic E-state index is 0.134. The van der Waals surface area contributed by atoms with Gasteiger partial charge in [0.1, 0.15) is 0 Å². The minimum Gasteiger partial charge on any atom is -0.394 e. The van der Waals surface area contributed by atoms with Crippen molar-refractivity contribution in [1.29, 1.82) is 0 Å². The van der Waals surface area contributed by atoms with E-state index in [0.29, 0.717) is 18.3 Å². The molecule has 3 atom stereocenters. The Balaban J connectivity index is 2.63. The summed E-state index contributed by atoms with van der Waals surface area (Å²) in [5.74, 6) is 1.18. The van der Waals surface area contributed by atoms with Gasteiger partial charge in [0.25, 0.3) is 0 Å². The van der Waals surface area contributed by atoms with Gasteiger partial charge in [-0.15, -0.1) is 0 Å². The number of benzene rings is 1. The number of aliphatic hydroxyl groups excluding tert-OH is 2. The Morgan fingerprint density at radius 3 is 2.33 bits per heavy atom. The molecule has 18 heavy (non-hydrogen) atoms. The first-order chi connectivity index (χ1) is 8.67. The molecule has 0 aromatic heterocycles. The standard InChI is InChI=1S/C16H26O2/c1-3-13(2)11-15(9-10-16(18)12-17)14-7-5-4-6-8-14/h4-8,13,15-18H,3,9-12H2,1-2H3. The van der Waals surface area contributed by atoms with Crippen molar-refractivity contribution in [2.75, 3.05) is 6.61 Å². The Kier molecular flexibility index (Phi) is 6.99. The zero-order chi connectivity index (χ0) is 13.4. The quantitative estimate of drug-likeness (QED) is 0.743. The molecule has 0 amide bonds. The van der Waals surface area contributed by atoms with E-state index in [9.17, 15) is 5.11 Å². The van der Waals surface area contributed by atoms with Crippen molar-refractivity contribution in [1.82, 2.24) is 0 Å². The lowest BCUT2D eigenvalue weighted by molar-refractivity contribution is 0.0842. The van der Waals surface area contributed by atoms with E-state index in [1.54, 1.807) is 0 Å². The Bertz CT molecular complexity index is 310. The zero-order valence-electron chi connectivity index (χ0n) is 11.5. The molecule has 0 heterocycles. The SMILES string of the molecule is CCC(C)CC(CCC(O)CO)c1ccccc1. The third-order valence-electron chi connectivity index (χ3n) is 3.71. The van der Waals surface area contributed by atoms with Gasteiger partial charge in [0.2, 0.25) is 0 Å². The van der Waals surface area contributed by atoms with E-state index >= 15 is 0 Å². The summed E-state index contributed by atoms with van der Waals surface area (Å²) < 4.78 is 0. The Morgan fingerprint density at radius 1 is 1.11 bits per heavy atom. The Hall–Kier alpha value is -0.860. The van der Waals surface area contributed by atoms with Crippen LogP contribution in [0.4, 0.5) is 0 Å². The van der Waals surface area contributed by atoms with Gasteiger partial charge >= 0.3 is 0 Å². The van der Waals surface area contributed by atoms with Gasteiger partial charge in [-0.1, -0.05) is 50.6 Å². The van der Waals surface area contributed by atoms with E-state index in [0.717, 1.165) is 12.8 Å². The minimum atomic E-state index is -0.576. The van der Waals surface area contributed by atoms with Crippen LogP contribution in [0.25, 0.3) is 0 Å². The van der Waals surface area contributed by atoms with Gasteiger partial charge in [-0.3, -0.25) is 0 Å². The van der Waals surface area contributed by atoms with Crippen LogP contribution in [-0.2, 0) is 0 Å². The summed E-state index contributed by atoms with van der Waals surface area (Å²) in [7, 11) is 0. The van der Waals surface area contributed by atoms with Crippen molar-refractivity contribution in [3.8, 4) is 0 Å². The molecule has 0 saturated carbocycles. The van der Waals surface area contributed by atoms with Crippen molar-refractivity contribution in [3.63, 3.8) is 0 Å². The third-order valence-corrected chi connectivity index (χ3v) is 3.71. The van der Waals surface area contributed by atoms with E-state index in [-0.39, 0.29) is 6.61 Å². The molecule has 0 fully saturated rings. The first kappa shape index (κ1) is 15.2. The molecule has 0 saturated heterocycles. The highest BCUT2D eigenvalue weighted by molar-refractivity contribution is 5.19. The maximum atomic E-state index is 9.50. The van der Waals surface area contributed by atoms with Gasteiger partial charge in [-0.2, -0.15) is 0 Å². The van der Waals surface area contributed by atoms with Crippen molar-refractivity contribution >= 4 is 0 Å². The van der Waals surface area contributed by atoms with E-state index in [2.05, 4.69) is 38.1 Å². The van der Waals surface area contributed by atoms with Crippen LogP contribution in [0, 0.1) is 5.92 Å². The maximum Gasteiger partial charge on any atom is 0.0771 e. The summed E-state index contributed by atoms with van der Waals surface area (Å²) in [4.78, 5) is 0. The predicted octanol–water partition coefficient (Wildman–Crippen LogP) is 3.34. The summed E-state index contributed by atoms with van der Waals surface area (Å²) in [6.07, 6.45) is 3.38. The van der Waals surface area contributed by atoms with Gasteiger partial charge in [-0.05, 0) is 36.7 Å². The molecule has 1 aromatic rings. The van der Waals surface area contributed by atoms with Crippen LogP contribution in [0.3, 0.4) is 0 Å². The largest absolute Gasteiger partial charge is 0.394 e. The average Bonchev–Trinajstić information content (AvgIpc) is 2.43. The monoisotopic (exact) mass is 250 g/mol. The summed E-state index contributed by atoms with van der Waals surface area (Å²) in [6, 6.07) is 10.5. The second kappa shape index (κ2) is 8.28. The summed E-state index contributed by atoms with van der Waals surface area (Å²) >= 11 is 0. The molecule has 0 radical (unpaired) electrons. The van der Waals surface area contributed by atoms with Crippen molar-refractivity contribution in [2.24, 2.45) is 5.92 Å². The van der Waals surface area contributed by atoms with Crippen molar-refractivity contribution in [2.45, 2.75) is 51.6 Å². The fourth-order valence-electron chi connectivity index (χ4n) is 2.28. The van der Waals surface area contributed by atoms with Crippen LogP contribution >= 0.6 is 0 Å². The fraction of sp³-hybridized carbons (Fsp3) is 0.625. The van der Waals surface area contributed by atoms with E-state index in [1.807, 2.05) is 6.07 Å².